The topological polar surface area (TPSA) is 65.4 Å². The monoisotopic (exact) mass is 369 g/mol. The third kappa shape index (κ3) is 3.58. The van der Waals surface area contributed by atoms with Gasteiger partial charge in [0.2, 0.25) is 5.91 Å². The average Bonchev–Trinajstić information content (AvgIpc) is 3.40. The Hall–Kier alpha value is -2.34. The lowest BCUT2D eigenvalue weighted by atomic mass is 9.73. The lowest BCUT2D eigenvalue weighted by molar-refractivity contribution is -0.122. The van der Waals surface area contributed by atoms with Crippen LogP contribution >= 0.6 is 0 Å². The maximum atomic E-state index is 12.8. The summed E-state index contributed by atoms with van der Waals surface area (Å²) in [5.41, 5.74) is 2.18. The Morgan fingerprint density at radius 1 is 1.37 bits per heavy atom. The Kier molecular flexibility index (Phi) is 4.91. The largest absolute Gasteiger partial charge is 0.496 e. The van der Waals surface area contributed by atoms with E-state index < -0.39 is 0 Å². The van der Waals surface area contributed by atoms with Crippen LogP contribution in [0.3, 0.4) is 0 Å². The quantitative estimate of drug-likeness (QED) is 0.849. The second-order valence-corrected chi connectivity index (χ2v) is 7.71. The molecule has 2 aromatic rings. The summed E-state index contributed by atoms with van der Waals surface area (Å²) in [7, 11) is 3.61. The number of hydrogen-bond donors (Lipinski definition) is 1. The van der Waals surface area contributed by atoms with Crippen molar-refractivity contribution in [3.63, 3.8) is 0 Å². The molecule has 2 atom stereocenters. The van der Waals surface area contributed by atoms with Gasteiger partial charge in [0.1, 0.15) is 5.75 Å². The molecule has 6 heteroatoms. The molecule has 6 nitrogen and oxygen atoms in total. The van der Waals surface area contributed by atoms with E-state index in [1.165, 1.54) is 0 Å². The summed E-state index contributed by atoms with van der Waals surface area (Å²) in [5.74, 6) is 1.39. The molecule has 1 aromatic heterocycles. The number of amides is 1. The molecule has 1 N–H and O–H groups in total. The van der Waals surface area contributed by atoms with Gasteiger partial charge >= 0.3 is 0 Å². The van der Waals surface area contributed by atoms with E-state index in [0.717, 1.165) is 36.1 Å². The molecule has 0 radical (unpaired) electrons. The smallest absolute Gasteiger partial charge is 0.223 e. The number of aryl methyl sites for hydroxylation is 1. The first-order chi connectivity index (χ1) is 13.1. The number of carbonyl (C=O) groups is 1. The Bertz CT molecular complexity index is 811. The zero-order valence-corrected chi connectivity index (χ0v) is 16.0. The first-order valence-electron chi connectivity index (χ1n) is 9.60. The molecular formula is C21H27N3O3. The fourth-order valence-electron chi connectivity index (χ4n) is 4.26. The molecule has 1 aliphatic heterocycles. The molecule has 1 amide bonds. The second-order valence-electron chi connectivity index (χ2n) is 7.71. The van der Waals surface area contributed by atoms with Gasteiger partial charge < -0.3 is 14.8 Å². The predicted octanol–water partition coefficient (Wildman–Crippen LogP) is 2.40. The molecule has 1 saturated heterocycles. The Labute approximate surface area is 159 Å². The maximum absolute atomic E-state index is 12.8. The van der Waals surface area contributed by atoms with E-state index in [1.807, 2.05) is 37.6 Å². The van der Waals surface area contributed by atoms with Gasteiger partial charge in [-0.05, 0) is 36.8 Å². The zero-order chi connectivity index (χ0) is 18.9. The van der Waals surface area contributed by atoms with Crippen molar-refractivity contribution >= 4 is 5.91 Å². The van der Waals surface area contributed by atoms with E-state index in [9.17, 15) is 4.79 Å². The highest BCUT2D eigenvalue weighted by atomic mass is 16.5. The van der Waals surface area contributed by atoms with E-state index in [-0.39, 0.29) is 17.2 Å². The summed E-state index contributed by atoms with van der Waals surface area (Å²) in [6.07, 6.45) is 6.54. The second kappa shape index (κ2) is 7.35. The van der Waals surface area contributed by atoms with Crippen LogP contribution in [0.5, 0.6) is 5.75 Å². The van der Waals surface area contributed by atoms with Crippen LogP contribution < -0.4 is 10.1 Å². The number of nitrogens with one attached hydrogen (secondary N) is 1. The van der Waals surface area contributed by atoms with Crippen molar-refractivity contribution in [3.8, 4) is 5.75 Å². The molecule has 0 spiro atoms. The number of para-hydroxylation sites is 1. The van der Waals surface area contributed by atoms with E-state index in [2.05, 4.69) is 16.5 Å². The molecule has 144 valence electrons. The summed E-state index contributed by atoms with van der Waals surface area (Å²) in [5, 5.41) is 7.45. The van der Waals surface area contributed by atoms with Crippen LogP contribution in [0.25, 0.3) is 0 Å². The number of benzene rings is 1. The minimum absolute atomic E-state index is 0.0590. The van der Waals surface area contributed by atoms with Crippen molar-refractivity contribution in [2.75, 3.05) is 26.9 Å². The van der Waals surface area contributed by atoms with E-state index in [1.54, 1.807) is 11.8 Å². The van der Waals surface area contributed by atoms with Crippen LogP contribution in [0.4, 0.5) is 0 Å². The molecule has 2 fully saturated rings. The Morgan fingerprint density at radius 3 is 2.85 bits per heavy atom. The minimum atomic E-state index is -0.140. The highest BCUT2D eigenvalue weighted by Gasteiger charge is 2.45. The molecule has 1 aromatic carbocycles. The van der Waals surface area contributed by atoms with Crippen molar-refractivity contribution < 1.29 is 14.3 Å². The zero-order valence-electron chi connectivity index (χ0n) is 16.0. The van der Waals surface area contributed by atoms with Crippen molar-refractivity contribution in [2.45, 2.75) is 30.6 Å². The number of ether oxygens (including phenoxy) is 2. The number of methoxy groups -OCH3 is 1. The molecule has 1 saturated carbocycles. The molecule has 2 aliphatic rings. The number of hydrogen-bond acceptors (Lipinski definition) is 4. The molecule has 2 heterocycles. The van der Waals surface area contributed by atoms with Gasteiger partial charge in [-0.25, -0.2) is 0 Å². The van der Waals surface area contributed by atoms with Crippen molar-refractivity contribution in [1.29, 1.82) is 0 Å². The highest BCUT2D eigenvalue weighted by Crippen LogP contribution is 2.47. The Balaban J connectivity index is 1.46. The van der Waals surface area contributed by atoms with E-state index in [0.29, 0.717) is 25.7 Å². The van der Waals surface area contributed by atoms with Crippen LogP contribution in [0.15, 0.2) is 36.7 Å². The summed E-state index contributed by atoms with van der Waals surface area (Å²) in [6.45, 7) is 2.02. The van der Waals surface area contributed by atoms with Crippen LogP contribution in [-0.2, 0) is 22.0 Å². The molecule has 27 heavy (non-hydrogen) atoms. The number of rotatable bonds is 6. The standard InChI is InChI=1S/C21H27N3O3/c1-24-13-15(12-23-24)16-11-17(16)20(25)22-14-21(7-9-27-10-8-21)18-5-3-4-6-19(18)26-2/h3-6,12-13,16-17H,7-11,14H2,1-2H3,(H,22,25)/t16-,17-/m1/s1. The fourth-order valence-corrected chi connectivity index (χ4v) is 4.26. The summed E-state index contributed by atoms with van der Waals surface area (Å²) < 4.78 is 13.0. The van der Waals surface area contributed by atoms with E-state index >= 15 is 0 Å². The minimum Gasteiger partial charge on any atom is -0.496 e. The summed E-state index contributed by atoms with van der Waals surface area (Å²) >= 11 is 0. The molecular weight excluding hydrogens is 342 g/mol. The van der Waals surface area contributed by atoms with E-state index in [4.69, 9.17) is 9.47 Å². The fraction of sp³-hybridized carbons (Fsp3) is 0.524. The van der Waals surface area contributed by atoms with Crippen molar-refractivity contribution in [3.05, 3.63) is 47.8 Å². The van der Waals surface area contributed by atoms with Gasteiger partial charge in [0.05, 0.1) is 13.3 Å². The number of aromatic nitrogens is 2. The first-order valence-corrected chi connectivity index (χ1v) is 9.60. The Morgan fingerprint density at radius 2 is 2.15 bits per heavy atom. The normalized spacial score (nSPS) is 23.6. The van der Waals surface area contributed by atoms with Gasteiger partial charge in [-0.1, -0.05) is 18.2 Å². The molecule has 0 unspecified atom stereocenters. The van der Waals surface area contributed by atoms with Crippen LogP contribution in [0.1, 0.15) is 36.3 Å². The number of carbonyl (C=O) groups excluding carboxylic acids is 1. The van der Waals surface area contributed by atoms with Gasteiger partial charge in [0.25, 0.3) is 0 Å². The highest BCUT2D eigenvalue weighted by molar-refractivity contribution is 5.83. The van der Waals surface area contributed by atoms with Crippen LogP contribution in [-0.4, -0.2) is 42.6 Å². The van der Waals surface area contributed by atoms with Gasteiger partial charge in [-0.2, -0.15) is 5.10 Å². The first kappa shape index (κ1) is 18.0. The van der Waals surface area contributed by atoms with Gasteiger partial charge in [0.15, 0.2) is 0 Å². The van der Waals surface area contributed by atoms with Crippen molar-refractivity contribution in [2.24, 2.45) is 13.0 Å². The number of nitrogens with zero attached hydrogens (tertiary/aromatic N) is 2. The van der Waals surface area contributed by atoms with Gasteiger partial charge in [-0.15, -0.1) is 0 Å². The third-order valence-corrected chi connectivity index (χ3v) is 6.01. The van der Waals surface area contributed by atoms with Crippen LogP contribution in [0, 0.1) is 5.92 Å². The van der Waals surface area contributed by atoms with Gasteiger partial charge in [-0.3, -0.25) is 9.48 Å². The summed E-state index contributed by atoms with van der Waals surface area (Å²) in [6, 6.07) is 8.13. The summed E-state index contributed by atoms with van der Waals surface area (Å²) in [4.78, 5) is 12.8. The SMILES string of the molecule is COc1ccccc1C1(CNC(=O)[C@@H]2C[C@@H]2c2cnn(C)c2)CCOCC1. The molecule has 4 rings (SSSR count). The predicted molar refractivity (Wildman–Crippen MR) is 102 cm³/mol. The maximum Gasteiger partial charge on any atom is 0.223 e. The lowest BCUT2D eigenvalue weighted by Gasteiger charge is -2.38. The molecule has 1 aliphatic carbocycles. The average molecular weight is 369 g/mol. The third-order valence-electron chi connectivity index (χ3n) is 6.01. The molecule has 0 bridgehead atoms. The van der Waals surface area contributed by atoms with Crippen molar-refractivity contribution in [1.82, 2.24) is 15.1 Å². The van der Waals surface area contributed by atoms with Crippen LogP contribution in [0.2, 0.25) is 0 Å². The van der Waals surface area contributed by atoms with Gasteiger partial charge in [0, 0.05) is 49.9 Å². The lowest BCUT2D eigenvalue weighted by Crippen LogP contribution is -2.45.